The van der Waals surface area contributed by atoms with Gasteiger partial charge in [0.15, 0.2) is 11.6 Å². The molecule has 1 aromatic rings. The smallest absolute Gasteiger partial charge is 0.303 e. The highest BCUT2D eigenvalue weighted by Crippen LogP contribution is 2.55. The highest BCUT2D eigenvalue weighted by atomic mass is 16.4. The number of hydrogen-bond donors (Lipinski definition) is 2. The Bertz CT molecular complexity index is 1320. The van der Waals surface area contributed by atoms with E-state index in [2.05, 4.69) is 0 Å². The second-order valence-electron chi connectivity index (χ2n) is 10.3. The molecule has 8 nitrogen and oxygen atoms in total. The van der Waals surface area contributed by atoms with E-state index >= 15 is 0 Å². The Kier molecular flexibility index (Phi) is 6.43. The van der Waals surface area contributed by atoms with Crippen molar-refractivity contribution in [3.8, 4) is 5.75 Å². The molecule has 192 valence electrons. The largest absolute Gasteiger partial charge is 0.508 e. The standard InChI is InChI=1S/C29H29NO7/c1-15-13-22(32)26-20(27(15)35)14-19-16(24(26)17-7-4-5-8-21(17)31)10-11-18-25(19)29(37)30(28(18)36)12-6-2-3-9-23(33)34/h4-5,7-8,10,13,18-19,24-25,31H,2-3,6,9,11-12,14H2,1H3,(H,33,34)/t18-,19+,24+,25-/m0/s1. The zero-order valence-electron chi connectivity index (χ0n) is 20.6. The van der Waals surface area contributed by atoms with E-state index in [1.807, 2.05) is 6.08 Å². The van der Waals surface area contributed by atoms with Gasteiger partial charge in [0.2, 0.25) is 11.8 Å². The highest BCUT2D eigenvalue weighted by molar-refractivity contribution is 6.23. The molecule has 1 fully saturated rings. The predicted octanol–water partition coefficient (Wildman–Crippen LogP) is 3.47. The summed E-state index contributed by atoms with van der Waals surface area (Å²) in [5, 5.41) is 19.5. The monoisotopic (exact) mass is 503 g/mol. The lowest BCUT2D eigenvalue weighted by atomic mass is 9.59. The minimum atomic E-state index is -0.872. The summed E-state index contributed by atoms with van der Waals surface area (Å²) in [5.41, 5.74) is 2.38. The van der Waals surface area contributed by atoms with Crippen molar-refractivity contribution < 1.29 is 34.2 Å². The normalized spacial score (nSPS) is 27.0. The maximum Gasteiger partial charge on any atom is 0.303 e. The molecule has 1 heterocycles. The number of carboxylic acids is 1. The number of carbonyl (C=O) groups excluding carboxylic acids is 4. The number of Topliss-reactive ketones (excluding diaryl/α,β-unsaturated/α-hetero) is 1. The molecule has 4 aliphatic rings. The van der Waals surface area contributed by atoms with Crippen molar-refractivity contribution >= 4 is 29.4 Å². The molecule has 0 unspecified atom stereocenters. The first-order valence-corrected chi connectivity index (χ1v) is 12.8. The van der Waals surface area contributed by atoms with Gasteiger partial charge in [0, 0.05) is 41.2 Å². The number of amides is 2. The molecule has 37 heavy (non-hydrogen) atoms. The third-order valence-corrected chi connectivity index (χ3v) is 8.17. The van der Waals surface area contributed by atoms with Crippen molar-refractivity contribution in [3.05, 3.63) is 64.3 Å². The molecule has 2 amide bonds. The second kappa shape index (κ2) is 9.57. The number of benzene rings is 1. The quantitative estimate of drug-likeness (QED) is 0.252. The first kappa shape index (κ1) is 24.9. The van der Waals surface area contributed by atoms with Crippen LogP contribution in [0.4, 0.5) is 0 Å². The van der Waals surface area contributed by atoms with Gasteiger partial charge >= 0.3 is 5.97 Å². The number of ketones is 2. The lowest BCUT2D eigenvalue weighted by Gasteiger charge is -2.42. The number of rotatable bonds is 7. The molecule has 0 aromatic heterocycles. The van der Waals surface area contributed by atoms with Gasteiger partial charge < -0.3 is 10.2 Å². The minimum Gasteiger partial charge on any atom is -0.508 e. The lowest BCUT2D eigenvalue weighted by molar-refractivity contribution is -0.141. The van der Waals surface area contributed by atoms with Crippen molar-refractivity contribution in [2.75, 3.05) is 6.54 Å². The highest BCUT2D eigenvalue weighted by Gasteiger charge is 2.56. The van der Waals surface area contributed by atoms with Crippen LogP contribution in [0, 0.1) is 17.8 Å². The third kappa shape index (κ3) is 4.14. The van der Waals surface area contributed by atoms with Crippen LogP contribution in [0.1, 0.15) is 56.9 Å². The summed E-state index contributed by atoms with van der Waals surface area (Å²) in [7, 11) is 0. The van der Waals surface area contributed by atoms with Crippen molar-refractivity contribution in [1.29, 1.82) is 0 Å². The number of para-hydroxylation sites is 1. The Morgan fingerprint density at radius 3 is 2.51 bits per heavy atom. The molecule has 8 heteroatoms. The van der Waals surface area contributed by atoms with Crippen LogP contribution in [0.5, 0.6) is 5.75 Å². The zero-order valence-corrected chi connectivity index (χ0v) is 20.6. The average molecular weight is 504 g/mol. The topological polar surface area (TPSA) is 129 Å². The van der Waals surface area contributed by atoms with Gasteiger partial charge in [-0.3, -0.25) is 28.9 Å². The number of hydrogen-bond acceptors (Lipinski definition) is 6. The number of phenolic OH excluding ortho intramolecular Hbond substituents is 1. The van der Waals surface area contributed by atoms with Gasteiger partial charge in [-0.05, 0) is 50.7 Å². The molecule has 0 spiro atoms. The Hall–Kier alpha value is -3.81. The number of aromatic hydroxyl groups is 1. The first-order valence-electron chi connectivity index (χ1n) is 12.8. The fraction of sp³-hybridized carbons (Fsp3) is 0.414. The third-order valence-electron chi connectivity index (χ3n) is 8.17. The SMILES string of the molecule is CC1=CC(=O)C2=C(C[C@@H]3C(=CC[C@@H]4C(=O)N(CCCCCC(=O)O)C(=O)[C@@H]43)[C@@H]2c2ccccc2O)C1=O. The summed E-state index contributed by atoms with van der Waals surface area (Å²) >= 11 is 0. The number of aliphatic carboxylic acids is 1. The van der Waals surface area contributed by atoms with E-state index in [0.29, 0.717) is 48.0 Å². The van der Waals surface area contributed by atoms with E-state index in [-0.39, 0.29) is 48.5 Å². The van der Waals surface area contributed by atoms with Crippen LogP contribution >= 0.6 is 0 Å². The number of imide groups is 1. The number of nitrogens with zero attached hydrogens (tertiary/aromatic N) is 1. The van der Waals surface area contributed by atoms with Crippen LogP contribution in [0.25, 0.3) is 0 Å². The van der Waals surface area contributed by atoms with Crippen molar-refractivity contribution in [2.24, 2.45) is 17.8 Å². The number of phenols is 1. The van der Waals surface area contributed by atoms with E-state index < -0.39 is 29.6 Å². The molecule has 0 radical (unpaired) electrons. The van der Waals surface area contributed by atoms with Crippen molar-refractivity contribution in [3.63, 3.8) is 0 Å². The number of carbonyl (C=O) groups is 5. The van der Waals surface area contributed by atoms with Crippen LogP contribution in [0.15, 0.2) is 58.7 Å². The first-order chi connectivity index (χ1) is 17.7. The lowest BCUT2D eigenvalue weighted by Crippen LogP contribution is -2.39. The number of unbranched alkanes of at least 4 members (excludes halogenated alkanes) is 2. The van der Waals surface area contributed by atoms with Gasteiger partial charge in [0.1, 0.15) is 5.75 Å². The Morgan fingerprint density at radius 1 is 1.03 bits per heavy atom. The number of likely N-dealkylation sites (tertiary alicyclic amines) is 1. The molecule has 2 N–H and O–H groups in total. The summed E-state index contributed by atoms with van der Waals surface area (Å²) in [5.74, 6) is -4.13. The Morgan fingerprint density at radius 2 is 1.78 bits per heavy atom. The average Bonchev–Trinajstić information content (AvgIpc) is 3.11. The molecule has 3 aliphatic carbocycles. The van der Waals surface area contributed by atoms with Crippen LogP contribution < -0.4 is 0 Å². The summed E-state index contributed by atoms with van der Waals surface area (Å²) in [4.78, 5) is 65.3. The Labute approximate surface area is 214 Å². The molecule has 4 atom stereocenters. The molecule has 0 bridgehead atoms. The van der Waals surface area contributed by atoms with Crippen LogP contribution in [-0.4, -0.2) is 51.0 Å². The van der Waals surface area contributed by atoms with E-state index in [9.17, 15) is 29.1 Å². The van der Waals surface area contributed by atoms with Crippen LogP contribution in [0.3, 0.4) is 0 Å². The summed E-state index contributed by atoms with van der Waals surface area (Å²) in [6.07, 6.45) is 5.48. The fourth-order valence-electron chi connectivity index (χ4n) is 6.48. The number of fused-ring (bicyclic) bond motifs is 3. The van der Waals surface area contributed by atoms with E-state index in [1.54, 1.807) is 25.1 Å². The number of carboxylic acid groups (broad SMARTS) is 1. The van der Waals surface area contributed by atoms with E-state index in [0.717, 1.165) is 5.57 Å². The van der Waals surface area contributed by atoms with Gasteiger partial charge in [-0.1, -0.05) is 36.3 Å². The predicted molar refractivity (Wildman–Crippen MR) is 132 cm³/mol. The van der Waals surface area contributed by atoms with Gasteiger partial charge in [-0.15, -0.1) is 0 Å². The summed E-state index contributed by atoms with van der Waals surface area (Å²) in [6.45, 7) is 1.84. The molecule has 1 aliphatic heterocycles. The zero-order chi connectivity index (χ0) is 26.4. The van der Waals surface area contributed by atoms with Crippen LogP contribution in [0.2, 0.25) is 0 Å². The van der Waals surface area contributed by atoms with E-state index in [1.165, 1.54) is 17.0 Å². The molecule has 0 saturated carbocycles. The van der Waals surface area contributed by atoms with Crippen LogP contribution in [-0.2, 0) is 24.0 Å². The van der Waals surface area contributed by atoms with E-state index in [4.69, 9.17) is 5.11 Å². The molecular weight excluding hydrogens is 474 g/mol. The maximum atomic E-state index is 13.6. The molecule has 1 saturated heterocycles. The van der Waals surface area contributed by atoms with Crippen molar-refractivity contribution in [1.82, 2.24) is 4.90 Å². The maximum absolute atomic E-state index is 13.6. The summed E-state index contributed by atoms with van der Waals surface area (Å²) < 4.78 is 0. The van der Waals surface area contributed by atoms with Gasteiger partial charge in [-0.2, -0.15) is 0 Å². The number of allylic oxidation sites excluding steroid dienone is 6. The summed E-state index contributed by atoms with van der Waals surface area (Å²) in [6, 6.07) is 6.72. The van der Waals surface area contributed by atoms with Gasteiger partial charge in [0.05, 0.1) is 11.8 Å². The molecule has 5 rings (SSSR count). The fourth-order valence-corrected chi connectivity index (χ4v) is 6.48. The van der Waals surface area contributed by atoms with Crippen molar-refractivity contribution in [2.45, 2.75) is 51.4 Å². The molecular formula is C29H29NO7. The van der Waals surface area contributed by atoms with Gasteiger partial charge in [0.25, 0.3) is 0 Å². The second-order valence-corrected chi connectivity index (χ2v) is 10.3. The minimum absolute atomic E-state index is 0.00589. The van der Waals surface area contributed by atoms with Gasteiger partial charge in [-0.25, -0.2) is 0 Å². The Balaban J connectivity index is 1.49. The molecule has 1 aromatic carbocycles.